The summed E-state index contributed by atoms with van der Waals surface area (Å²) in [6, 6.07) is 9.57. The topological polar surface area (TPSA) is 59.3 Å². The van der Waals surface area contributed by atoms with Gasteiger partial charge in [-0.3, -0.25) is 0 Å². The molecule has 6 heteroatoms. The zero-order valence-corrected chi connectivity index (χ0v) is 13.6. The maximum atomic E-state index is 9.24. The molecule has 0 aliphatic carbocycles. The van der Waals surface area contributed by atoms with Crippen LogP contribution in [0.2, 0.25) is 5.02 Å². The Labute approximate surface area is 140 Å². The van der Waals surface area contributed by atoms with E-state index in [9.17, 15) is 5.11 Å². The number of aliphatic hydroxyl groups excluding tert-OH is 1. The predicted octanol–water partition coefficient (Wildman–Crippen LogP) is 2.95. The van der Waals surface area contributed by atoms with E-state index >= 15 is 0 Å². The standard InChI is InChI=1S/C17H20ClN3O2/c18-15-5-1-4-14(9-15)16-10-17(21(20-16)6-7-22)19-11-13-3-2-8-23-12-13/h1,3-5,9-10,19,22H,2,6-8,11-12H2. The quantitative estimate of drug-likeness (QED) is 0.798. The predicted molar refractivity (Wildman–Crippen MR) is 91.8 cm³/mol. The second kappa shape index (κ2) is 7.64. The number of benzene rings is 1. The minimum absolute atomic E-state index is 0.0388. The molecule has 0 saturated heterocycles. The molecular weight excluding hydrogens is 314 g/mol. The lowest BCUT2D eigenvalue weighted by Gasteiger charge is -2.15. The third-order valence-corrected chi connectivity index (χ3v) is 3.93. The second-order valence-corrected chi connectivity index (χ2v) is 5.87. The van der Waals surface area contributed by atoms with Gasteiger partial charge in [0.25, 0.3) is 0 Å². The molecule has 0 saturated carbocycles. The summed E-state index contributed by atoms with van der Waals surface area (Å²) in [5.74, 6) is 0.875. The molecule has 0 spiro atoms. The van der Waals surface area contributed by atoms with Crippen LogP contribution in [0.4, 0.5) is 5.82 Å². The number of anilines is 1. The van der Waals surface area contributed by atoms with Crippen LogP contribution in [-0.2, 0) is 11.3 Å². The summed E-state index contributed by atoms with van der Waals surface area (Å²) in [6.45, 7) is 2.66. The molecule has 3 rings (SSSR count). The molecule has 122 valence electrons. The van der Waals surface area contributed by atoms with E-state index in [2.05, 4.69) is 16.5 Å². The Hall–Kier alpha value is -1.82. The highest BCUT2D eigenvalue weighted by Crippen LogP contribution is 2.24. The van der Waals surface area contributed by atoms with Crippen LogP contribution in [0.15, 0.2) is 42.0 Å². The number of halogens is 1. The summed E-state index contributed by atoms with van der Waals surface area (Å²) in [5, 5.41) is 17.9. The first-order chi connectivity index (χ1) is 11.3. The SMILES string of the molecule is OCCn1nc(-c2cccc(Cl)c2)cc1NCC1=CCCOC1. The average Bonchev–Trinajstić information content (AvgIpc) is 2.97. The van der Waals surface area contributed by atoms with E-state index in [4.69, 9.17) is 16.3 Å². The molecule has 0 unspecified atom stereocenters. The first-order valence-corrected chi connectivity index (χ1v) is 8.08. The van der Waals surface area contributed by atoms with Crippen molar-refractivity contribution in [1.29, 1.82) is 0 Å². The molecule has 0 amide bonds. The summed E-state index contributed by atoms with van der Waals surface area (Å²) in [7, 11) is 0. The lowest BCUT2D eigenvalue weighted by molar-refractivity contribution is 0.150. The van der Waals surface area contributed by atoms with Gasteiger partial charge in [-0.1, -0.05) is 29.8 Å². The second-order valence-electron chi connectivity index (χ2n) is 5.43. The van der Waals surface area contributed by atoms with Crippen molar-refractivity contribution in [2.24, 2.45) is 0 Å². The number of nitrogens with one attached hydrogen (secondary N) is 1. The lowest BCUT2D eigenvalue weighted by Crippen LogP contribution is -2.16. The maximum absolute atomic E-state index is 9.24. The van der Waals surface area contributed by atoms with Gasteiger partial charge in [0.15, 0.2) is 0 Å². The van der Waals surface area contributed by atoms with Gasteiger partial charge < -0.3 is 15.2 Å². The van der Waals surface area contributed by atoms with Gasteiger partial charge in [0.1, 0.15) is 5.82 Å². The molecule has 0 fully saturated rings. The maximum Gasteiger partial charge on any atom is 0.125 e. The number of rotatable bonds is 6. The molecule has 1 aromatic carbocycles. The molecule has 2 N–H and O–H groups in total. The minimum atomic E-state index is 0.0388. The van der Waals surface area contributed by atoms with E-state index in [1.165, 1.54) is 5.57 Å². The highest BCUT2D eigenvalue weighted by Gasteiger charge is 2.11. The fourth-order valence-electron chi connectivity index (χ4n) is 2.55. The Morgan fingerprint density at radius 3 is 3.00 bits per heavy atom. The zero-order valence-electron chi connectivity index (χ0n) is 12.8. The molecule has 2 aromatic rings. The summed E-state index contributed by atoms with van der Waals surface area (Å²) < 4.78 is 7.23. The van der Waals surface area contributed by atoms with Crippen molar-refractivity contribution in [3.63, 3.8) is 0 Å². The van der Waals surface area contributed by atoms with Gasteiger partial charge in [-0.05, 0) is 24.1 Å². The Morgan fingerprint density at radius 2 is 2.26 bits per heavy atom. The largest absolute Gasteiger partial charge is 0.394 e. The first kappa shape index (κ1) is 16.1. The lowest BCUT2D eigenvalue weighted by atomic mass is 10.1. The van der Waals surface area contributed by atoms with Crippen molar-refractivity contribution in [2.75, 3.05) is 31.7 Å². The Morgan fingerprint density at radius 1 is 1.35 bits per heavy atom. The summed E-state index contributed by atoms with van der Waals surface area (Å²) in [6.07, 6.45) is 3.17. The molecule has 23 heavy (non-hydrogen) atoms. The molecule has 1 aliphatic heterocycles. The monoisotopic (exact) mass is 333 g/mol. The van der Waals surface area contributed by atoms with Crippen molar-refractivity contribution in [3.8, 4) is 11.3 Å². The number of hydrogen-bond donors (Lipinski definition) is 2. The van der Waals surface area contributed by atoms with E-state index in [-0.39, 0.29) is 6.61 Å². The highest BCUT2D eigenvalue weighted by molar-refractivity contribution is 6.30. The van der Waals surface area contributed by atoms with E-state index in [1.807, 2.05) is 30.3 Å². The summed E-state index contributed by atoms with van der Waals surface area (Å²) in [5.41, 5.74) is 3.02. The van der Waals surface area contributed by atoms with Crippen molar-refractivity contribution < 1.29 is 9.84 Å². The number of aliphatic hydroxyl groups is 1. The number of aromatic nitrogens is 2. The average molecular weight is 334 g/mol. The Kier molecular flexibility index (Phi) is 5.33. The summed E-state index contributed by atoms with van der Waals surface area (Å²) >= 11 is 6.05. The molecule has 0 atom stereocenters. The number of hydrogen-bond acceptors (Lipinski definition) is 4. The molecule has 1 aliphatic rings. The van der Waals surface area contributed by atoms with Crippen LogP contribution in [0.25, 0.3) is 11.3 Å². The van der Waals surface area contributed by atoms with Crippen LogP contribution < -0.4 is 5.32 Å². The molecule has 1 aromatic heterocycles. The van der Waals surface area contributed by atoms with E-state index in [1.54, 1.807) is 4.68 Å². The first-order valence-electron chi connectivity index (χ1n) is 7.70. The normalized spacial score (nSPS) is 14.6. The number of nitrogens with zero attached hydrogens (tertiary/aromatic N) is 2. The van der Waals surface area contributed by atoms with Gasteiger partial charge in [-0.25, -0.2) is 4.68 Å². The smallest absolute Gasteiger partial charge is 0.125 e. The van der Waals surface area contributed by atoms with Gasteiger partial charge >= 0.3 is 0 Å². The molecule has 0 bridgehead atoms. The third-order valence-electron chi connectivity index (χ3n) is 3.69. The Bertz CT molecular complexity index is 697. The third kappa shape index (κ3) is 4.13. The van der Waals surface area contributed by atoms with Crippen LogP contribution in [0.3, 0.4) is 0 Å². The highest BCUT2D eigenvalue weighted by atomic mass is 35.5. The van der Waals surface area contributed by atoms with Gasteiger partial charge in [0, 0.05) is 23.2 Å². The van der Waals surface area contributed by atoms with Crippen LogP contribution >= 0.6 is 11.6 Å². The molecular formula is C17H20ClN3O2. The summed E-state index contributed by atoms with van der Waals surface area (Å²) in [4.78, 5) is 0. The van der Waals surface area contributed by atoms with Crippen molar-refractivity contribution in [3.05, 3.63) is 47.0 Å². The van der Waals surface area contributed by atoms with Gasteiger partial charge in [0.2, 0.25) is 0 Å². The minimum Gasteiger partial charge on any atom is -0.394 e. The fraction of sp³-hybridized carbons (Fsp3) is 0.353. The van der Waals surface area contributed by atoms with Crippen molar-refractivity contribution in [1.82, 2.24) is 9.78 Å². The van der Waals surface area contributed by atoms with Crippen molar-refractivity contribution >= 4 is 17.4 Å². The zero-order chi connectivity index (χ0) is 16.1. The van der Waals surface area contributed by atoms with Gasteiger partial charge in [-0.15, -0.1) is 0 Å². The van der Waals surface area contributed by atoms with Crippen LogP contribution in [0.1, 0.15) is 6.42 Å². The van der Waals surface area contributed by atoms with Crippen LogP contribution in [0.5, 0.6) is 0 Å². The molecule has 0 radical (unpaired) electrons. The van der Waals surface area contributed by atoms with Crippen LogP contribution in [-0.4, -0.2) is 41.3 Å². The molecule has 5 nitrogen and oxygen atoms in total. The fourth-order valence-corrected chi connectivity index (χ4v) is 2.74. The van der Waals surface area contributed by atoms with Crippen LogP contribution in [0, 0.1) is 0 Å². The number of ether oxygens (including phenoxy) is 1. The Balaban J connectivity index is 1.79. The van der Waals surface area contributed by atoms with Gasteiger partial charge in [-0.2, -0.15) is 5.10 Å². The molecule has 2 heterocycles. The van der Waals surface area contributed by atoms with Crippen molar-refractivity contribution in [2.45, 2.75) is 13.0 Å². The van der Waals surface area contributed by atoms with E-state index < -0.39 is 0 Å². The van der Waals surface area contributed by atoms with E-state index in [0.29, 0.717) is 24.7 Å². The van der Waals surface area contributed by atoms with E-state index in [0.717, 1.165) is 30.1 Å². The van der Waals surface area contributed by atoms with Gasteiger partial charge in [0.05, 0.1) is 32.1 Å².